The van der Waals surface area contributed by atoms with Gasteiger partial charge in [0.25, 0.3) is 0 Å². The molecular weight excluding hydrogens is 332 g/mol. The van der Waals surface area contributed by atoms with Crippen LogP contribution in [0.3, 0.4) is 0 Å². The van der Waals surface area contributed by atoms with E-state index in [1.807, 2.05) is 42.5 Å². The molecule has 0 amide bonds. The highest BCUT2D eigenvalue weighted by atomic mass is 79.9. The minimum absolute atomic E-state index is 0.321. The number of esters is 1. The van der Waals surface area contributed by atoms with E-state index in [0.717, 1.165) is 10.2 Å². The monoisotopic (exact) mass is 348 g/mol. The van der Waals surface area contributed by atoms with Crippen molar-refractivity contribution in [2.45, 2.75) is 19.4 Å². The van der Waals surface area contributed by atoms with Gasteiger partial charge in [0.05, 0.1) is 12.3 Å². The van der Waals surface area contributed by atoms with Gasteiger partial charge in [-0.15, -0.1) is 0 Å². The van der Waals surface area contributed by atoms with E-state index in [-0.39, 0.29) is 5.97 Å². The normalized spacial score (nSPS) is 13.3. The van der Waals surface area contributed by atoms with Gasteiger partial charge in [-0.1, -0.05) is 28.1 Å². The van der Waals surface area contributed by atoms with Crippen molar-refractivity contribution in [2.24, 2.45) is 0 Å². The van der Waals surface area contributed by atoms with Crippen LogP contribution < -0.4 is 5.32 Å². The lowest BCUT2D eigenvalue weighted by Crippen LogP contribution is -2.42. The number of hydrogen-bond acceptors (Lipinski definition) is 4. The number of nitrogens with zero attached hydrogens (tertiary/aromatic N) is 1. The molecule has 1 atom stereocenters. The number of carbonyl (C=O) groups is 1. The predicted octanol–water partition coefficient (Wildman–Crippen LogP) is 3.73. The Balaban J connectivity index is 2.39. The Morgan fingerprint density at radius 2 is 2.14 bits per heavy atom. The third kappa shape index (κ3) is 3.61. The van der Waals surface area contributed by atoms with Crippen LogP contribution in [0.15, 0.2) is 53.1 Å². The summed E-state index contributed by atoms with van der Waals surface area (Å²) in [6.45, 7) is 3.88. The second-order valence-corrected chi connectivity index (χ2v) is 5.61. The van der Waals surface area contributed by atoms with E-state index in [0.29, 0.717) is 12.3 Å². The fourth-order valence-corrected chi connectivity index (χ4v) is 2.41. The van der Waals surface area contributed by atoms with E-state index in [1.54, 1.807) is 20.0 Å². The lowest BCUT2D eigenvalue weighted by atomic mass is 9.96. The summed E-state index contributed by atoms with van der Waals surface area (Å²) >= 11 is 3.42. The molecular formula is C16H17BrN2O2. The van der Waals surface area contributed by atoms with Gasteiger partial charge >= 0.3 is 5.97 Å². The number of aromatic nitrogens is 1. The Labute approximate surface area is 132 Å². The smallest absolute Gasteiger partial charge is 0.337 e. The molecule has 0 saturated heterocycles. The lowest BCUT2D eigenvalue weighted by Gasteiger charge is -2.29. The minimum atomic E-state index is -1.04. The van der Waals surface area contributed by atoms with Crippen LogP contribution in [0.1, 0.15) is 19.5 Å². The van der Waals surface area contributed by atoms with Gasteiger partial charge in [0.1, 0.15) is 0 Å². The number of rotatable bonds is 5. The number of benzene rings is 1. The van der Waals surface area contributed by atoms with Crippen molar-refractivity contribution in [3.8, 4) is 0 Å². The molecule has 0 spiro atoms. The maximum atomic E-state index is 12.4. The third-order valence-electron chi connectivity index (χ3n) is 3.08. The van der Waals surface area contributed by atoms with E-state index in [4.69, 9.17) is 4.74 Å². The lowest BCUT2D eigenvalue weighted by molar-refractivity contribution is -0.148. The zero-order valence-corrected chi connectivity index (χ0v) is 13.6. The molecule has 0 aliphatic heterocycles. The molecule has 5 heteroatoms. The van der Waals surface area contributed by atoms with Gasteiger partial charge in [-0.3, -0.25) is 4.98 Å². The number of pyridine rings is 1. The molecule has 0 aliphatic carbocycles. The fraction of sp³-hybridized carbons (Fsp3) is 0.250. The Morgan fingerprint density at radius 1 is 1.33 bits per heavy atom. The first-order valence-electron chi connectivity index (χ1n) is 6.68. The van der Waals surface area contributed by atoms with Crippen molar-refractivity contribution in [3.63, 3.8) is 0 Å². The van der Waals surface area contributed by atoms with E-state index < -0.39 is 5.54 Å². The van der Waals surface area contributed by atoms with Crippen molar-refractivity contribution < 1.29 is 9.53 Å². The molecule has 1 N–H and O–H groups in total. The van der Waals surface area contributed by atoms with E-state index >= 15 is 0 Å². The molecule has 0 bridgehead atoms. The molecule has 21 heavy (non-hydrogen) atoms. The van der Waals surface area contributed by atoms with E-state index in [9.17, 15) is 4.79 Å². The molecule has 0 saturated carbocycles. The summed E-state index contributed by atoms with van der Waals surface area (Å²) in [6, 6.07) is 13.1. The highest BCUT2D eigenvalue weighted by Gasteiger charge is 2.38. The zero-order valence-electron chi connectivity index (χ0n) is 12.0. The molecule has 2 aromatic rings. The van der Waals surface area contributed by atoms with Gasteiger partial charge in [-0.25, -0.2) is 4.79 Å². The van der Waals surface area contributed by atoms with Crippen LogP contribution in [0.5, 0.6) is 0 Å². The molecule has 1 heterocycles. The minimum Gasteiger partial charge on any atom is -0.464 e. The summed E-state index contributed by atoms with van der Waals surface area (Å²) in [5, 5.41) is 3.23. The second-order valence-electron chi connectivity index (χ2n) is 4.70. The summed E-state index contributed by atoms with van der Waals surface area (Å²) in [5.74, 6) is -0.358. The van der Waals surface area contributed by atoms with Crippen LogP contribution >= 0.6 is 15.9 Å². The Hall–Kier alpha value is -1.88. The zero-order chi connectivity index (χ0) is 15.3. The van der Waals surface area contributed by atoms with Gasteiger partial charge in [0.2, 0.25) is 0 Å². The third-order valence-corrected chi connectivity index (χ3v) is 3.57. The van der Waals surface area contributed by atoms with Gasteiger partial charge in [0, 0.05) is 16.4 Å². The van der Waals surface area contributed by atoms with Crippen molar-refractivity contribution in [1.82, 2.24) is 4.98 Å². The van der Waals surface area contributed by atoms with Gasteiger partial charge in [0.15, 0.2) is 5.54 Å². The van der Waals surface area contributed by atoms with Gasteiger partial charge in [-0.2, -0.15) is 0 Å². The van der Waals surface area contributed by atoms with Crippen molar-refractivity contribution >= 4 is 27.6 Å². The summed E-state index contributed by atoms with van der Waals surface area (Å²) in [4.78, 5) is 16.7. The number of ether oxygens (including phenoxy) is 1. The molecule has 1 aromatic carbocycles. The first kappa shape index (κ1) is 15.5. The Morgan fingerprint density at radius 3 is 2.76 bits per heavy atom. The van der Waals surface area contributed by atoms with Crippen LogP contribution in [0.4, 0.5) is 5.69 Å². The van der Waals surface area contributed by atoms with Gasteiger partial charge < -0.3 is 10.1 Å². The number of hydrogen-bond donors (Lipinski definition) is 1. The Kier molecular flexibility index (Phi) is 4.96. The molecule has 2 rings (SSSR count). The Bertz CT molecular complexity index is 619. The first-order valence-corrected chi connectivity index (χ1v) is 7.48. The average molecular weight is 349 g/mol. The van der Waals surface area contributed by atoms with Crippen LogP contribution in [0.2, 0.25) is 0 Å². The van der Waals surface area contributed by atoms with Crippen molar-refractivity contribution in [3.05, 3.63) is 58.8 Å². The standard InChI is InChI=1S/C16H17BrN2O2/c1-3-21-15(20)16(2,14-9-4-5-10-18-14)19-13-8-6-7-12(17)11-13/h4-11,19H,3H2,1-2H3. The molecule has 4 nitrogen and oxygen atoms in total. The number of nitrogens with one attached hydrogen (secondary N) is 1. The van der Waals surface area contributed by atoms with Crippen LogP contribution in [0.25, 0.3) is 0 Å². The summed E-state index contributed by atoms with van der Waals surface area (Å²) in [5.41, 5.74) is 0.381. The molecule has 1 aromatic heterocycles. The predicted molar refractivity (Wildman–Crippen MR) is 86.0 cm³/mol. The number of anilines is 1. The molecule has 0 radical (unpaired) electrons. The topological polar surface area (TPSA) is 51.2 Å². The summed E-state index contributed by atoms with van der Waals surface area (Å²) in [6.07, 6.45) is 1.66. The van der Waals surface area contributed by atoms with E-state index in [1.165, 1.54) is 0 Å². The largest absolute Gasteiger partial charge is 0.464 e. The van der Waals surface area contributed by atoms with Crippen molar-refractivity contribution in [1.29, 1.82) is 0 Å². The fourth-order valence-electron chi connectivity index (χ4n) is 2.01. The van der Waals surface area contributed by atoms with Crippen LogP contribution in [0, 0.1) is 0 Å². The van der Waals surface area contributed by atoms with Gasteiger partial charge in [-0.05, 0) is 44.2 Å². The quantitative estimate of drug-likeness (QED) is 0.836. The maximum Gasteiger partial charge on any atom is 0.337 e. The number of halogens is 1. The summed E-state index contributed by atoms with van der Waals surface area (Å²) < 4.78 is 6.14. The maximum absolute atomic E-state index is 12.4. The summed E-state index contributed by atoms with van der Waals surface area (Å²) in [7, 11) is 0. The molecule has 110 valence electrons. The van der Waals surface area contributed by atoms with Crippen molar-refractivity contribution in [2.75, 3.05) is 11.9 Å². The van der Waals surface area contributed by atoms with Crippen LogP contribution in [-0.2, 0) is 15.1 Å². The first-order chi connectivity index (χ1) is 10.1. The average Bonchev–Trinajstić information content (AvgIpc) is 2.48. The second kappa shape index (κ2) is 6.72. The highest BCUT2D eigenvalue weighted by molar-refractivity contribution is 9.10. The molecule has 0 fully saturated rings. The SMILES string of the molecule is CCOC(=O)C(C)(Nc1cccc(Br)c1)c1ccccn1. The highest BCUT2D eigenvalue weighted by Crippen LogP contribution is 2.27. The van der Waals surface area contributed by atoms with Crippen LogP contribution in [-0.4, -0.2) is 17.6 Å². The molecule has 0 aliphatic rings. The number of carbonyl (C=O) groups excluding carboxylic acids is 1. The molecule has 1 unspecified atom stereocenters. The van der Waals surface area contributed by atoms with E-state index in [2.05, 4.69) is 26.2 Å².